The molecule has 7 heteroatoms. The lowest BCUT2D eigenvalue weighted by atomic mass is 10.3. The highest BCUT2D eigenvalue weighted by molar-refractivity contribution is 7.20. The van der Waals surface area contributed by atoms with Crippen LogP contribution in [0.2, 0.25) is 0 Å². The summed E-state index contributed by atoms with van der Waals surface area (Å²) in [6, 6.07) is 2.67. The van der Waals surface area contributed by atoms with Gasteiger partial charge in [0.15, 0.2) is 10.6 Å². The summed E-state index contributed by atoms with van der Waals surface area (Å²) in [5, 5.41) is 9.38. The molecule has 0 aliphatic heterocycles. The quantitative estimate of drug-likeness (QED) is 0.784. The summed E-state index contributed by atoms with van der Waals surface area (Å²) in [6.07, 6.45) is 0. The predicted octanol–water partition coefficient (Wildman–Crippen LogP) is 1.21. The maximum Gasteiger partial charge on any atom is 0.349 e. The minimum Gasteiger partial charge on any atom is -0.477 e. The van der Waals surface area contributed by atoms with Crippen molar-refractivity contribution in [3.63, 3.8) is 0 Å². The number of rotatable bonds is 2. The van der Waals surface area contributed by atoms with Crippen molar-refractivity contribution < 1.29 is 19.4 Å². The molecule has 0 aromatic carbocycles. The third-order valence-corrected chi connectivity index (χ3v) is 3.07. The van der Waals surface area contributed by atoms with Crippen molar-refractivity contribution in [2.75, 3.05) is 0 Å². The summed E-state index contributed by atoms with van der Waals surface area (Å²) in [4.78, 5) is 35.7. The monoisotopic (exact) mass is 253 g/mol. The fourth-order valence-electron chi connectivity index (χ4n) is 1.37. The van der Waals surface area contributed by atoms with E-state index in [2.05, 4.69) is 4.98 Å². The van der Waals surface area contributed by atoms with Gasteiger partial charge in [-0.2, -0.15) is 0 Å². The van der Waals surface area contributed by atoms with Gasteiger partial charge in [-0.15, -0.1) is 11.3 Å². The van der Waals surface area contributed by atoms with Crippen LogP contribution < -0.4 is 10.3 Å². The van der Waals surface area contributed by atoms with Gasteiger partial charge in [-0.25, -0.2) is 4.79 Å². The number of H-pyrrole nitrogens is 1. The topological polar surface area (TPSA) is 96.5 Å². The Kier molecular flexibility index (Phi) is 2.68. The highest BCUT2D eigenvalue weighted by atomic mass is 32.1. The van der Waals surface area contributed by atoms with E-state index in [4.69, 9.17) is 9.84 Å². The van der Waals surface area contributed by atoms with Crippen LogP contribution in [0.4, 0.5) is 0 Å². The second kappa shape index (κ2) is 4.02. The molecule has 88 valence electrons. The molecule has 0 radical (unpaired) electrons. The van der Waals surface area contributed by atoms with E-state index in [1.165, 1.54) is 19.1 Å². The highest BCUT2D eigenvalue weighted by Crippen LogP contribution is 2.36. The Hall–Kier alpha value is -2.15. The Balaban J connectivity index is 2.75. The fraction of sp³-hybridized carbons (Fsp3) is 0.100. The predicted molar refractivity (Wildman–Crippen MR) is 60.7 cm³/mol. The standard InChI is InChI=1S/C10H7NO5S/c1-4(12)16-7-5-2-3-6(13)11-9(5)17-8(7)10(14)15/h2-3H,1H3,(H,11,13)(H,14,15). The van der Waals surface area contributed by atoms with Gasteiger partial charge >= 0.3 is 11.9 Å². The summed E-state index contributed by atoms with van der Waals surface area (Å²) < 4.78 is 4.87. The summed E-state index contributed by atoms with van der Waals surface area (Å²) in [7, 11) is 0. The number of aromatic nitrogens is 1. The molecule has 2 aromatic heterocycles. The number of carbonyl (C=O) groups is 2. The number of esters is 1. The molecular formula is C10H7NO5S. The van der Waals surface area contributed by atoms with Crippen LogP contribution in [0, 0.1) is 0 Å². The number of hydrogen-bond acceptors (Lipinski definition) is 5. The van der Waals surface area contributed by atoms with Gasteiger partial charge < -0.3 is 14.8 Å². The number of hydrogen-bond donors (Lipinski definition) is 2. The second-order valence-electron chi connectivity index (χ2n) is 3.22. The Bertz CT molecular complexity index is 669. The van der Waals surface area contributed by atoms with Gasteiger partial charge in [0.25, 0.3) is 0 Å². The van der Waals surface area contributed by atoms with Gasteiger partial charge in [0.2, 0.25) is 5.56 Å². The molecule has 0 saturated heterocycles. The zero-order valence-electron chi connectivity index (χ0n) is 8.64. The van der Waals surface area contributed by atoms with Gasteiger partial charge in [0.05, 0.1) is 5.39 Å². The zero-order chi connectivity index (χ0) is 12.6. The number of carboxylic acid groups (broad SMARTS) is 1. The van der Waals surface area contributed by atoms with Gasteiger partial charge in [-0.1, -0.05) is 0 Å². The minimum atomic E-state index is -1.21. The van der Waals surface area contributed by atoms with Crippen molar-refractivity contribution in [1.82, 2.24) is 4.98 Å². The summed E-state index contributed by atoms with van der Waals surface area (Å²) in [6.45, 7) is 1.18. The fourth-order valence-corrected chi connectivity index (χ4v) is 2.33. The normalized spacial score (nSPS) is 10.4. The molecule has 0 amide bonds. The Morgan fingerprint density at radius 3 is 2.71 bits per heavy atom. The third-order valence-electron chi connectivity index (χ3n) is 1.98. The number of aromatic amines is 1. The largest absolute Gasteiger partial charge is 0.477 e. The SMILES string of the molecule is CC(=O)Oc1c(C(=O)O)sc2[nH]c(=O)ccc12. The average molecular weight is 253 g/mol. The number of carboxylic acids is 1. The smallest absolute Gasteiger partial charge is 0.349 e. The van der Waals surface area contributed by atoms with E-state index in [-0.39, 0.29) is 16.2 Å². The molecular weight excluding hydrogens is 246 g/mol. The van der Waals surface area contributed by atoms with E-state index in [1.807, 2.05) is 0 Å². The molecule has 0 fully saturated rings. The number of aromatic carboxylic acids is 1. The maximum atomic E-state index is 11.1. The van der Waals surface area contributed by atoms with Crippen LogP contribution in [0.25, 0.3) is 10.2 Å². The molecule has 0 atom stereocenters. The summed E-state index contributed by atoms with van der Waals surface area (Å²) >= 11 is 0.856. The molecule has 2 aromatic rings. The van der Waals surface area contributed by atoms with Crippen LogP contribution >= 0.6 is 11.3 Å². The van der Waals surface area contributed by atoms with Gasteiger partial charge in [0, 0.05) is 13.0 Å². The van der Waals surface area contributed by atoms with Gasteiger partial charge in [-0.3, -0.25) is 9.59 Å². The van der Waals surface area contributed by atoms with Crippen molar-refractivity contribution in [3.05, 3.63) is 27.4 Å². The van der Waals surface area contributed by atoms with Crippen LogP contribution in [-0.4, -0.2) is 22.0 Å². The summed E-state index contributed by atoms with van der Waals surface area (Å²) in [5.74, 6) is -1.84. The van der Waals surface area contributed by atoms with E-state index in [9.17, 15) is 14.4 Å². The Morgan fingerprint density at radius 1 is 1.41 bits per heavy atom. The van der Waals surface area contributed by atoms with Crippen LogP contribution in [-0.2, 0) is 4.79 Å². The molecule has 0 saturated carbocycles. The van der Waals surface area contributed by atoms with E-state index >= 15 is 0 Å². The van der Waals surface area contributed by atoms with Crippen LogP contribution in [0.3, 0.4) is 0 Å². The molecule has 0 unspecified atom stereocenters. The molecule has 0 bridgehead atoms. The number of nitrogens with one attached hydrogen (secondary N) is 1. The number of thiophene rings is 1. The lowest BCUT2D eigenvalue weighted by Gasteiger charge is -2.00. The first-order valence-electron chi connectivity index (χ1n) is 4.56. The van der Waals surface area contributed by atoms with Crippen LogP contribution in [0.5, 0.6) is 5.75 Å². The highest BCUT2D eigenvalue weighted by Gasteiger charge is 2.21. The number of ether oxygens (including phenoxy) is 1. The molecule has 6 nitrogen and oxygen atoms in total. The zero-order valence-corrected chi connectivity index (χ0v) is 9.46. The van der Waals surface area contributed by atoms with Gasteiger partial charge in [0.1, 0.15) is 4.83 Å². The van der Waals surface area contributed by atoms with Gasteiger partial charge in [-0.05, 0) is 6.07 Å². The van der Waals surface area contributed by atoms with Crippen LogP contribution in [0.1, 0.15) is 16.6 Å². The van der Waals surface area contributed by atoms with Crippen molar-refractivity contribution in [3.8, 4) is 5.75 Å². The van der Waals surface area contributed by atoms with Crippen molar-refractivity contribution in [1.29, 1.82) is 0 Å². The average Bonchev–Trinajstić information content (AvgIpc) is 2.55. The number of fused-ring (bicyclic) bond motifs is 1. The summed E-state index contributed by atoms with van der Waals surface area (Å²) in [5.41, 5.74) is -0.343. The van der Waals surface area contributed by atoms with Crippen LogP contribution in [0.15, 0.2) is 16.9 Å². The molecule has 0 aliphatic carbocycles. The lowest BCUT2D eigenvalue weighted by molar-refractivity contribution is -0.131. The first-order valence-corrected chi connectivity index (χ1v) is 5.38. The Labute approximate surface area is 98.5 Å². The van der Waals surface area contributed by atoms with Crippen molar-refractivity contribution >= 4 is 33.5 Å². The second-order valence-corrected chi connectivity index (χ2v) is 4.25. The maximum absolute atomic E-state index is 11.1. The minimum absolute atomic E-state index is 0.0266. The van der Waals surface area contributed by atoms with E-state index < -0.39 is 11.9 Å². The molecule has 17 heavy (non-hydrogen) atoms. The molecule has 0 spiro atoms. The first kappa shape index (κ1) is 11.3. The lowest BCUT2D eigenvalue weighted by Crippen LogP contribution is -2.05. The van der Waals surface area contributed by atoms with E-state index in [0.717, 1.165) is 11.3 Å². The Morgan fingerprint density at radius 2 is 2.12 bits per heavy atom. The molecule has 2 N–H and O–H groups in total. The first-order chi connectivity index (χ1) is 7.99. The third kappa shape index (κ3) is 2.04. The van der Waals surface area contributed by atoms with Crippen molar-refractivity contribution in [2.45, 2.75) is 6.92 Å². The number of pyridine rings is 1. The van der Waals surface area contributed by atoms with E-state index in [1.54, 1.807) is 0 Å². The van der Waals surface area contributed by atoms with E-state index in [0.29, 0.717) is 10.2 Å². The molecule has 2 rings (SSSR count). The number of carbonyl (C=O) groups excluding carboxylic acids is 1. The van der Waals surface area contributed by atoms with Crippen molar-refractivity contribution in [2.24, 2.45) is 0 Å². The molecule has 0 aliphatic rings. The molecule has 2 heterocycles.